The van der Waals surface area contributed by atoms with Gasteiger partial charge in [-0.05, 0) is 48.9 Å². The highest BCUT2D eigenvalue weighted by Gasteiger charge is 2.04. The highest BCUT2D eigenvalue weighted by Crippen LogP contribution is 2.23. The van der Waals surface area contributed by atoms with Gasteiger partial charge in [-0.3, -0.25) is 4.79 Å². The molecule has 2 aromatic carbocycles. The lowest BCUT2D eigenvalue weighted by Gasteiger charge is -2.08. The van der Waals surface area contributed by atoms with Gasteiger partial charge in [0.1, 0.15) is 17.2 Å². The Hall–Kier alpha value is -2.55. The fourth-order valence-electron chi connectivity index (χ4n) is 1.50. The standard InChI is InChI=1S/C17H16O3/c1-13(2)17(18)12-19-14-8-10-16(11-9-14)20-15-6-4-3-5-7-15/h3-11H,1,12H2,2H3. The van der Waals surface area contributed by atoms with Crippen molar-refractivity contribution in [1.29, 1.82) is 0 Å². The number of Topliss-reactive ketones (excluding diaryl/α,β-unsaturated/α-hetero) is 1. The van der Waals surface area contributed by atoms with E-state index >= 15 is 0 Å². The van der Waals surface area contributed by atoms with Gasteiger partial charge in [-0.15, -0.1) is 0 Å². The Kier molecular flexibility index (Phi) is 4.56. The molecule has 0 atom stereocenters. The van der Waals surface area contributed by atoms with Gasteiger partial charge in [-0.1, -0.05) is 24.8 Å². The summed E-state index contributed by atoms with van der Waals surface area (Å²) in [7, 11) is 0. The Morgan fingerprint density at radius 3 is 2.10 bits per heavy atom. The molecule has 3 nitrogen and oxygen atoms in total. The number of rotatable bonds is 6. The number of carbonyl (C=O) groups is 1. The smallest absolute Gasteiger partial charge is 0.195 e. The highest BCUT2D eigenvalue weighted by molar-refractivity contribution is 5.95. The van der Waals surface area contributed by atoms with Crippen molar-refractivity contribution in [3.8, 4) is 17.2 Å². The van der Waals surface area contributed by atoms with Crippen LogP contribution in [0.25, 0.3) is 0 Å². The van der Waals surface area contributed by atoms with Gasteiger partial charge in [-0.25, -0.2) is 0 Å². The molecule has 0 fully saturated rings. The molecule has 0 saturated heterocycles. The van der Waals surface area contributed by atoms with Crippen LogP contribution in [-0.2, 0) is 4.79 Å². The molecule has 3 heteroatoms. The third-order valence-corrected chi connectivity index (χ3v) is 2.65. The third kappa shape index (κ3) is 3.99. The van der Waals surface area contributed by atoms with Gasteiger partial charge in [-0.2, -0.15) is 0 Å². The summed E-state index contributed by atoms with van der Waals surface area (Å²) in [5.41, 5.74) is 0.494. The molecule has 0 heterocycles. The van der Waals surface area contributed by atoms with Crippen LogP contribution >= 0.6 is 0 Å². The van der Waals surface area contributed by atoms with Crippen LogP contribution in [0.4, 0.5) is 0 Å². The van der Waals surface area contributed by atoms with E-state index in [1.807, 2.05) is 30.3 Å². The van der Waals surface area contributed by atoms with E-state index in [2.05, 4.69) is 6.58 Å². The first-order valence-electron chi connectivity index (χ1n) is 6.29. The molecule has 0 aliphatic heterocycles. The van der Waals surface area contributed by atoms with Gasteiger partial charge >= 0.3 is 0 Å². The van der Waals surface area contributed by atoms with Gasteiger partial charge in [0.2, 0.25) is 0 Å². The summed E-state index contributed by atoms with van der Waals surface area (Å²) in [6.07, 6.45) is 0. The SMILES string of the molecule is C=C(C)C(=O)COc1ccc(Oc2ccccc2)cc1. The van der Waals surface area contributed by atoms with Crippen LogP contribution in [0.3, 0.4) is 0 Å². The van der Waals surface area contributed by atoms with E-state index in [0.717, 1.165) is 11.5 Å². The molecule has 0 aromatic heterocycles. The topological polar surface area (TPSA) is 35.5 Å². The molecule has 20 heavy (non-hydrogen) atoms. The lowest BCUT2D eigenvalue weighted by Crippen LogP contribution is -2.11. The second-order valence-corrected chi connectivity index (χ2v) is 4.38. The van der Waals surface area contributed by atoms with Crippen LogP contribution in [0.15, 0.2) is 66.7 Å². The van der Waals surface area contributed by atoms with Gasteiger partial charge in [0, 0.05) is 0 Å². The Bertz CT molecular complexity index is 585. The van der Waals surface area contributed by atoms with Gasteiger partial charge < -0.3 is 9.47 Å². The van der Waals surface area contributed by atoms with Crippen molar-refractivity contribution in [2.24, 2.45) is 0 Å². The fourth-order valence-corrected chi connectivity index (χ4v) is 1.50. The van der Waals surface area contributed by atoms with Crippen LogP contribution in [0.1, 0.15) is 6.92 Å². The maximum Gasteiger partial charge on any atom is 0.195 e. The monoisotopic (exact) mass is 268 g/mol. The number of ketones is 1. The largest absolute Gasteiger partial charge is 0.485 e. The van der Waals surface area contributed by atoms with Crippen molar-refractivity contribution in [1.82, 2.24) is 0 Å². The van der Waals surface area contributed by atoms with Crippen molar-refractivity contribution < 1.29 is 14.3 Å². The Labute approximate surface area is 118 Å². The minimum Gasteiger partial charge on any atom is -0.485 e. The molecule has 0 radical (unpaired) electrons. The number of benzene rings is 2. The summed E-state index contributed by atoms with van der Waals surface area (Å²) < 4.78 is 11.0. The summed E-state index contributed by atoms with van der Waals surface area (Å²) in [6.45, 7) is 5.26. The van der Waals surface area contributed by atoms with E-state index in [1.54, 1.807) is 31.2 Å². The number of ether oxygens (including phenoxy) is 2. The molecule has 0 bridgehead atoms. The van der Waals surface area contributed by atoms with Crippen molar-refractivity contribution in [2.75, 3.05) is 6.61 Å². The molecule has 0 spiro atoms. The molecule has 0 unspecified atom stereocenters. The second kappa shape index (κ2) is 6.57. The van der Waals surface area contributed by atoms with Crippen molar-refractivity contribution in [2.45, 2.75) is 6.92 Å². The quantitative estimate of drug-likeness (QED) is 0.743. The summed E-state index contributed by atoms with van der Waals surface area (Å²) in [5.74, 6) is 2.02. The first-order valence-corrected chi connectivity index (χ1v) is 6.29. The lowest BCUT2D eigenvalue weighted by atomic mass is 10.2. The Balaban J connectivity index is 1.93. The molecular weight excluding hydrogens is 252 g/mol. The predicted octanol–water partition coefficient (Wildman–Crippen LogP) is 4.00. The minimum atomic E-state index is -0.102. The normalized spacial score (nSPS) is 9.85. The van der Waals surface area contributed by atoms with Crippen LogP contribution in [-0.4, -0.2) is 12.4 Å². The zero-order valence-corrected chi connectivity index (χ0v) is 11.3. The number of hydrogen-bond acceptors (Lipinski definition) is 3. The van der Waals surface area contributed by atoms with Crippen LogP contribution in [0, 0.1) is 0 Å². The van der Waals surface area contributed by atoms with E-state index in [4.69, 9.17) is 9.47 Å². The molecule has 0 aliphatic rings. The van der Waals surface area contributed by atoms with Crippen LogP contribution < -0.4 is 9.47 Å². The van der Waals surface area contributed by atoms with Gasteiger partial charge in [0.05, 0.1) is 0 Å². The molecule has 0 N–H and O–H groups in total. The van der Waals surface area contributed by atoms with Crippen molar-refractivity contribution in [3.05, 3.63) is 66.7 Å². The second-order valence-electron chi connectivity index (χ2n) is 4.38. The van der Waals surface area contributed by atoms with Gasteiger partial charge in [0.25, 0.3) is 0 Å². The average Bonchev–Trinajstić information content (AvgIpc) is 2.47. The molecule has 2 rings (SSSR count). The van der Waals surface area contributed by atoms with Crippen LogP contribution in [0.5, 0.6) is 17.2 Å². The number of para-hydroxylation sites is 1. The Morgan fingerprint density at radius 2 is 1.50 bits per heavy atom. The van der Waals surface area contributed by atoms with Crippen molar-refractivity contribution >= 4 is 5.78 Å². The summed E-state index contributed by atoms with van der Waals surface area (Å²) in [5, 5.41) is 0. The van der Waals surface area contributed by atoms with E-state index in [0.29, 0.717) is 11.3 Å². The molecule has 0 saturated carbocycles. The van der Waals surface area contributed by atoms with E-state index in [1.165, 1.54) is 0 Å². The zero-order valence-electron chi connectivity index (χ0n) is 11.3. The molecule has 102 valence electrons. The zero-order chi connectivity index (χ0) is 14.4. The average molecular weight is 268 g/mol. The molecule has 2 aromatic rings. The van der Waals surface area contributed by atoms with Crippen molar-refractivity contribution in [3.63, 3.8) is 0 Å². The number of carbonyl (C=O) groups excluding carboxylic acids is 1. The number of hydrogen-bond donors (Lipinski definition) is 0. The first kappa shape index (κ1) is 13.9. The first-order chi connectivity index (χ1) is 9.65. The minimum absolute atomic E-state index is 0.00816. The van der Waals surface area contributed by atoms with E-state index in [9.17, 15) is 4.79 Å². The fraction of sp³-hybridized carbons (Fsp3) is 0.118. The molecule has 0 aliphatic carbocycles. The Morgan fingerprint density at radius 1 is 0.950 bits per heavy atom. The maximum absolute atomic E-state index is 11.4. The predicted molar refractivity (Wildman–Crippen MR) is 78.3 cm³/mol. The summed E-state index contributed by atoms with van der Waals surface area (Å²) in [6, 6.07) is 16.7. The van der Waals surface area contributed by atoms with E-state index in [-0.39, 0.29) is 12.4 Å². The third-order valence-electron chi connectivity index (χ3n) is 2.65. The van der Waals surface area contributed by atoms with Crippen LogP contribution in [0.2, 0.25) is 0 Å². The molecule has 0 amide bonds. The molecular formula is C17H16O3. The summed E-state index contributed by atoms with van der Waals surface area (Å²) >= 11 is 0. The maximum atomic E-state index is 11.4. The lowest BCUT2D eigenvalue weighted by molar-refractivity contribution is -0.117. The van der Waals surface area contributed by atoms with E-state index < -0.39 is 0 Å². The van der Waals surface area contributed by atoms with Gasteiger partial charge in [0.15, 0.2) is 12.4 Å². The summed E-state index contributed by atoms with van der Waals surface area (Å²) in [4.78, 5) is 11.4. The highest BCUT2D eigenvalue weighted by atomic mass is 16.5.